The van der Waals surface area contributed by atoms with Crippen LogP contribution in [0.3, 0.4) is 0 Å². The molecule has 1 saturated heterocycles. The normalized spacial score (nSPS) is 15.8. The highest BCUT2D eigenvalue weighted by atomic mass is 19.3. The lowest BCUT2D eigenvalue weighted by Gasteiger charge is -2.32. The van der Waals surface area contributed by atoms with Gasteiger partial charge >= 0.3 is 0 Å². The van der Waals surface area contributed by atoms with Crippen LogP contribution in [-0.4, -0.2) is 33.4 Å². The number of para-hydroxylation sites is 2. The number of imidazole rings is 1. The summed E-state index contributed by atoms with van der Waals surface area (Å²) in [6.45, 7) is 6.99. The number of aromatic nitrogens is 2. The standard InChI is InChI=1S/C34H35F4N3O/c1-5-25(23-10-9-11-24(19-23)34(4,37)38)26-20-28(35)27(18-21(26)3)33(42)40-16-14-22(15-17-40)32-39-29-12-7-8-13-30(29)41(32)31(36)6-2/h5,7-13,18-20,22,31H,6,14-17H2,1-4H3/b25-5-. The molecule has 1 aliphatic heterocycles. The first kappa shape index (κ1) is 29.5. The molecule has 8 heteroatoms. The number of amides is 1. The molecule has 0 radical (unpaired) electrons. The third-order valence-electron chi connectivity index (χ3n) is 8.19. The average molecular weight is 578 g/mol. The molecular weight excluding hydrogens is 542 g/mol. The Hall–Kier alpha value is -3.94. The average Bonchev–Trinajstić information content (AvgIpc) is 3.38. The molecule has 1 fully saturated rings. The van der Waals surface area contributed by atoms with E-state index in [9.17, 15) is 13.6 Å². The molecule has 0 bridgehead atoms. The Kier molecular flexibility index (Phi) is 8.26. The number of carbonyl (C=O) groups excluding carboxylic acids is 1. The van der Waals surface area contributed by atoms with Crippen molar-refractivity contribution in [2.24, 2.45) is 0 Å². The second-order valence-electron chi connectivity index (χ2n) is 11.1. The van der Waals surface area contributed by atoms with E-state index < -0.39 is 23.9 Å². The molecule has 3 aromatic carbocycles. The second kappa shape index (κ2) is 11.7. The van der Waals surface area contributed by atoms with Crippen molar-refractivity contribution in [1.82, 2.24) is 14.5 Å². The SMILES string of the molecule is C/C=C(/c1cccc(C(C)(F)F)c1)c1cc(F)c(C(=O)N2CCC(c3nc4ccccc4n3C(F)CC)CC2)cc1C. The first-order valence-corrected chi connectivity index (χ1v) is 14.4. The molecule has 0 saturated carbocycles. The number of hydrogen-bond acceptors (Lipinski definition) is 2. The van der Waals surface area contributed by atoms with Gasteiger partial charge in [0.15, 0.2) is 6.30 Å². The fourth-order valence-corrected chi connectivity index (χ4v) is 5.91. The maximum Gasteiger partial charge on any atom is 0.270 e. The van der Waals surface area contributed by atoms with Gasteiger partial charge in [0.2, 0.25) is 0 Å². The Morgan fingerprint density at radius 2 is 1.79 bits per heavy atom. The Morgan fingerprint density at radius 3 is 2.45 bits per heavy atom. The Labute approximate surface area is 243 Å². The van der Waals surface area contributed by atoms with Gasteiger partial charge in [-0.1, -0.05) is 43.3 Å². The molecule has 4 nitrogen and oxygen atoms in total. The molecule has 0 spiro atoms. The van der Waals surface area contributed by atoms with Crippen LogP contribution in [0, 0.1) is 12.7 Å². The predicted octanol–water partition coefficient (Wildman–Crippen LogP) is 8.95. The third kappa shape index (κ3) is 5.59. The summed E-state index contributed by atoms with van der Waals surface area (Å²) in [7, 11) is 0. The molecule has 1 aliphatic rings. The lowest BCUT2D eigenvalue weighted by Crippen LogP contribution is -2.39. The lowest BCUT2D eigenvalue weighted by atomic mass is 9.90. The van der Waals surface area contributed by atoms with Crippen LogP contribution >= 0.6 is 0 Å². The lowest BCUT2D eigenvalue weighted by molar-refractivity contribution is 0.0174. The minimum atomic E-state index is -3.00. The smallest absolute Gasteiger partial charge is 0.270 e. The molecule has 4 aromatic rings. The topological polar surface area (TPSA) is 38.1 Å². The zero-order valence-electron chi connectivity index (χ0n) is 24.3. The van der Waals surface area contributed by atoms with Crippen LogP contribution in [0.25, 0.3) is 16.6 Å². The van der Waals surface area contributed by atoms with Crippen LogP contribution in [0.5, 0.6) is 0 Å². The molecule has 1 aromatic heterocycles. The van der Waals surface area contributed by atoms with E-state index in [2.05, 4.69) is 0 Å². The van der Waals surface area contributed by atoms with Crippen LogP contribution < -0.4 is 0 Å². The van der Waals surface area contributed by atoms with E-state index in [1.165, 1.54) is 24.3 Å². The van der Waals surface area contributed by atoms with Crippen molar-refractivity contribution in [2.75, 3.05) is 13.1 Å². The number of allylic oxidation sites excluding steroid dienone is 1. The van der Waals surface area contributed by atoms with Crippen LogP contribution in [-0.2, 0) is 5.92 Å². The number of aryl methyl sites for hydroxylation is 1. The molecule has 220 valence electrons. The van der Waals surface area contributed by atoms with Crippen LogP contribution in [0.1, 0.15) is 90.7 Å². The molecule has 1 amide bonds. The summed E-state index contributed by atoms with van der Waals surface area (Å²) in [5, 5.41) is 0. The van der Waals surface area contributed by atoms with E-state index >= 15 is 8.78 Å². The van der Waals surface area contributed by atoms with Gasteiger partial charge in [0.25, 0.3) is 11.8 Å². The van der Waals surface area contributed by atoms with Gasteiger partial charge in [0.1, 0.15) is 11.6 Å². The van der Waals surface area contributed by atoms with Crippen molar-refractivity contribution >= 4 is 22.5 Å². The summed E-state index contributed by atoms with van der Waals surface area (Å²) in [5.41, 5.74) is 3.71. The zero-order chi connectivity index (χ0) is 30.2. The fourth-order valence-electron chi connectivity index (χ4n) is 5.91. The largest absolute Gasteiger partial charge is 0.339 e. The summed E-state index contributed by atoms with van der Waals surface area (Å²) < 4.78 is 60.1. The first-order valence-electron chi connectivity index (χ1n) is 14.4. The second-order valence-corrected chi connectivity index (χ2v) is 11.1. The van der Waals surface area contributed by atoms with E-state index in [-0.39, 0.29) is 17.0 Å². The number of likely N-dealkylation sites (tertiary alicyclic amines) is 1. The van der Waals surface area contributed by atoms with Crippen molar-refractivity contribution < 1.29 is 22.4 Å². The minimum Gasteiger partial charge on any atom is -0.339 e. The molecule has 1 unspecified atom stereocenters. The molecule has 0 aliphatic carbocycles. The summed E-state index contributed by atoms with van der Waals surface area (Å²) in [4.78, 5) is 19.8. The summed E-state index contributed by atoms with van der Waals surface area (Å²) in [5.74, 6) is -3.41. The van der Waals surface area contributed by atoms with Gasteiger partial charge in [0, 0.05) is 31.5 Å². The molecular formula is C34H35F4N3O. The number of alkyl halides is 3. The molecule has 5 rings (SSSR count). The van der Waals surface area contributed by atoms with Gasteiger partial charge in [0.05, 0.1) is 16.6 Å². The van der Waals surface area contributed by atoms with E-state index in [1.807, 2.05) is 24.3 Å². The van der Waals surface area contributed by atoms with Crippen molar-refractivity contribution in [3.63, 3.8) is 0 Å². The quantitative estimate of drug-likeness (QED) is 0.206. The summed E-state index contributed by atoms with van der Waals surface area (Å²) in [6, 6.07) is 16.4. The van der Waals surface area contributed by atoms with E-state index in [1.54, 1.807) is 48.4 Å². The Bertz CT molecular complexity index is 1640. The van der Waals surface area contributed by atoms with E-state index in [0.717, 1.165) is 18.0 Å². The van der Waals surface area contributed by atoms with Crippen molar-refractivity contribution in [1.29, 1.82) is 0 Å². The number of halogens is 4. The third-order valence-corrected chi connectivity index (χ3v) is 8.19. The number of piperidine rings is 1. The molecule has 1 atom stereocenters. The highest BCUT2D eigenvalue weighted by molar-refractivity contribution is 5.96. The number of fused-ring (bicyclic) bond motifs is 1. The number of rotatable bonds is 7. The number of hydrogen-bond donors (Lipinski definition) is 0. The Morgan fingerprint density at radius 1 is 1.07 bits per heavy atom. The number of carbonyl (C=O) groups is 1. The Balaban J connectivity index is 1.36. The van der Waals surface area contributed by atoms with Crippen LogP contribution in [0.15, 0.2) is 66.7 Å². The van der Waals surface area contributed by atoms with Gasteiger partial charge in [-0.2, -0.15) is 0 Å². The minimum absolute atomic E-state index is 0.0243. The van der Waals surface area contributed by atoms with Gasteiger partial charge in [-0.15, -0.1) is 0 Å². The summed E-state index contributed by atoms with van der Waals surface area (Å²) >= 11 is 0. The maximum absolute atomic E-state index is 15.5. The molecule has 42 heavy (non-hydrogen) atoms. The highest BCUT2D eigenvalue weighted by Crippen LogP contribution is 2.36. The monoisotopic (exact) mass is 577 g/mol. The van der Waals surface area contributed by atoms with Gasteiger partial charge in [-0.3, -0.25) is 9.36 Å². The van der Waals surface area contributed by atoms with Crippen LogP contribution in [0.2, 0.25) is 0 Å². The molecule has 0 N–H and O–H groups in total. The maximum atomic E-state index is 15.5. The zero-order valence-corrected chi connectivity index (χ0v) is 24.3. The van der Waals surface area contributed by atoms with Crippen molar-refractivity contribution in [3.05, 3.63) is 106 Å². The number of benzene rings is 3. The van der Waals surface area contributed by atoms with Crippen LogP contribution in [0.4, 0.5) is 17.6 Å². The van der Waals surface area contributed by atoms with E-state index in [0.29, 0.717) is 60.4 Å². The van der Waals surface area contributed by atoms with E-state index in [4.69, 9.17) is 4.98 Å². The van der Waals surface area contributed by atoms with Crippen molar-refractivity contribution in [2.45, 2.75) is 65.1 Å². The van der Waals surface area contributed by atoms with Gasteiger partial charge in [-0.05, 0) is 85.7 Å². The number of nitrogens with zero attached hydrogens (tertiary/aromatic N) is 3. The van der Waals surface area contributed by atoms with Crippen molar-refractivity contribution in [3.8, 4) is 0 Å². The highest BCUT2D eigenvalue weighted by Gasteiger charge is 2.31. The predicted molar refractivity (Wildman–Crippen MR) is 158 cm³/mol. The molecule has 2 heterocycles. The summed E-state index contributed by atoms with van der Waals surface area (Å²) in [6.07, 6.45) is 2.07. The van der Waals surface area contributed by atoms with Gasteiger partial charge < -0.3 is 4.90 Å². The van der Waals surface area contributed by atoms with Gasteiger partial charge in [-0.25, -0.2) is 22.5 Å². The first-order chi connectivity index (χ1) is 20.0. The fraction of sp³-hybridized carbons (Fsp3) is 0.353.